The Hall–Kier alpha value is -1.10. The van der Waals surface area contributed by atoms with Gasteiger partial charge in [-0.3, -0.25) is 14.5 Å². The van der Waals surface area contributed by atoms with Crippen molar-refractivity contribution in [3.05, 3.63) is 0 Å². The molecule has 2 aliphatic heterocycles. The summed E-state index contributed by atoms with van der Waals surface area (Å²) in [6.07, 6.45) is 2.65. The molecule has 0 aliphatic carbocycles. The Morgan fingerprint density at radius 1 is 1.47 bits per heavy atom. The highest BCUT2D eigenvalue weighted by molar-refractivity contribution is 5.78. The number of aliphatic carboxylic acids is 1. The van der Waals surface area contributed by atoms with Crippen molar-refractivity contribution in [1.82, 2.24) is 10.2 Å². The van der Waals surface area contributed by atoms with Gasteiger partial charge in [-0.05, 0) is 19.3 Å². The molecule has 2 heterocycles. The molecule has 2 bridgehead atoms. The van der Waals surface area contributed by atoms with Crippen LogP contribution in [0, 0.1) is 5.92 Å². The van der Waals surface area contributed by atoms with Crippen LogP contribution in [0.5, 0.6) is 0 Å². The Morgan fingerprint density at radius 3 is 2.73 bits per heavy atom. The number of carboxylic acids is 1. The van der Waals surface area contributed by atoms with Crippen LogP contribution in [0.3, 0.4) is 0 Å². The first kappa shape index (κ1) is 10.4. The number of amides is 1. The van der Waals surface area contributed by atoms with E-state index in [2.05, 4.69) is 10.2 Å². The number of carboxylic acid groups (broad SMARTS) is 1. The molecule has 2 N–H and O–H groups in total. The third-order valence-corrected chi connectivity index (χ3v) is 3.60. The molecular weight excluding hydrogens is 196 g/mol. The SMILES string of the molecule is CNC(=O)CN1C2CCC1C(C(=O)O)C2. The third kappa shape index (κ3) is 1.71. The van der Waals surface area contributed by atoms with E-state index in [4.69, 9.17) is 5.11 Å². The van der Waals surface area contributed by atoms with Crippen molar-refractivity contribution in [3.8, 4) is 0 Å². The smallest absolute Gasteiger partial charge is 0.308 e. The van der Waals surface area contributed by atoms with E-state index in [1.807, 2.05) is 0 Å². The van der Waals surface area contributed by atoms with Gasteiger partial charge in [0.05, 0.1) is 12.5 Å². The average Bonchev–Trinajstić information content (AvgIpc) is 2.75. The second-order valence-corrected chi connectivity index (χ2v) is 4.32. The fourth-order valence-electron chi connectivity index (χ4n) is 2.86. The summed E-state index contributed by atoms with van der Waals surface area (Å²) in [4.78, 5) is 24.3. The van der Waals surface area contributed by atoms with Gasteiger partial charge < -0.3 is 10.4 Å². The van der Waals surface area contributed by atoms with Crippen molar-refractivity contribution in [2.24, 2.45) is 5.92 Å². The number of hydrogen-bond donors (Lipinski definition) is 2. The van der Waals surface area contributed by atoms with Gasteiger partial charge in [-0.15, -0.1) is 0 Å². The molecule has 1 amide bonds. The Kier molecular flexibility index (Phi) is 2.65. The fraction of sp³-hybridized carbons (Fsp3) is 0.800. The van der Waals surface area contributed by atoms with Gasteiger partial charge in [0.25, 0.3) is 0 Å². The molecule has 0 saturated carbocycles. The van der Waals surface area contributed by atoms with Crippen molar-refractivity contribution < 1.29 is 14.7 Å². The number of carbonyl (C=O) groups excluding carboxylic acids is 1. The molecule has 84 valence electrons. The van der Waals surface area contributed by atoms with Crippen LogP contribution in [0.2, 0.25) is 0 Å². The number of fused-ring (bicyclic) bond motifs is 2. The van der Waals surface area contributed by atoms with Crippen molar-refractivity contribution in [2.75, 3.05) is 13.6 Å². The Bertz CT molecular complexity index is 292. The first-order valence-corrected chi connectivity index (χ1v) is 5.32. The van der Waals surface area contributed by atoms with Gasteiger partial charge in [-0.2, -0.15) is 0 Å². The van der Waals surface area contributed by atoms with Gasteiger partial charge in [0.15, 0.2) is 0 Å². The summed E-state index contributed by atoms with van der Waals surface area (Å²) in [5, 5.41) is 11.6. The van der Waals surface area contributed by atoms with E-state index in [1.54, 1.807) is 7.05 Å². The van der Waals surface area contributed by atoms with Gasteiger partial charge in [0, 0.05) is 19.1 Å². The number of carbonyl (C=O) groups is 2. The first-order chi connectivity index (χ1) is 7.13. The lowest BCUT2D eigenvalue weighted by Crippen LogP contribution is -2.40. The van der Waals surface area contributed by atoms with Crippen LogP contribution in [0.15, 0.2) is 0 Å². The summed E-state index contributed by atoms with van der Waals surface area (Å²) in [7, 11) is 1.61. The molecule has 0 radical (unpaired) electrons. The summed E-state index contributed by atoms with van der Waals surface area (Å²) in [6.45, 7) is 0.343. The zero-order valence-corrected chi connectivity index (χ0v) is 8.77. The Balaban J connectivity index is 2.03. The van der Waals surface area contributed by atoms with Gasteiger partial charge in [-0.25, -0.2) is 0 Å². The molecule has 0 spiro atoms. The molecule has 2 aliphatic rings. The molecule has 0 aromatic rings. The second-order valence-electron chi connectivity index (χ2n) is 4.32. The summed E-state index contributed by atoms with van der Waals surface area (Å²) >= 11 is 0. The van der Waals surface area contributed by atoms with E-state index in [0.717, 1.165) is 12.8 Å². The summed E-state index contributed by atoms with van der Waals surface area (Å²) in [6, 6.07) is 0.373. The van der Waals surface area contributed by atoms with Crippen LogP contribution in [-0.4, -0.2) is 47.6 Å². The lowest BCUT2D eigenvalue weighted by Gasteiger charge is -2.21. The molecule has 0 aromatic heterocycles. The predicted octanol–water partition coefficient (Wildman–Crippen LogP) is -0.330. The van der Waals surface area contributed by atoms with Crippen LogP contribution in [0.4, 0.5) is 0 Å². The largest absolute Gasteiger partial charge is 0.481 e. The molecule has 2 saturated heterocycles. The highest BCUT2D eigenvalue weighted by atomic mass is 16.4. The molecule has 0 aromatic carbocycles. The zero-order valence-electron chi connectivity index (χ0n) is 8.77. The maximum Gasteiger partial charge on any atom is 0.308 e. The average molecular weight is 212 g/mol. The van der Waals surface area contributed by atoms with Crippen LogP contribution in [0.1, 0.15) is 19.3 Å². The lowest BCUT2D eigenvalue weighted by atomic mass is 9.89. The maximum atomic E-state index is 11.3. The van der Waals surface area contributed by atoms with Gasteiger partial charge >= 0.3 is 5.97 Å². The normalized spacial score (nSPS) is 34.3. The van der Waals surface area contributed by atoms with E-state index in [-0.39, 0.29) is 17.9 Å². The molecule has 3 atom stereocenters. The van der Waals surface area contributed by atoms with Crippen molar-refractivity contribution in [1.29, 1.82) is 0 Å². The standard InChI is InChI=1S/C10H16N2O3/c1-11-9(13)5-12-6-2-3-8(12)7(4-6)10(14)15/h6-8H,2-5H2,1H3,(H,11,13)(H,14,15). The Labute approximate surface area is 88.4 Å². The number of likely N-dealkylation sites (N-methyl/N-ethyl adjacent to an activating group) is 1. The van der Waals surface area contributed by atoms with Crippen molar-refractivity contribution in [2.45, 2.75) is 31.3 Å². The molecule has 5 heteroatoms. The first-order valence-electron chi connectivity index (χ1n) is 5.32. The van der Waals surface area contributed by atoms with E-state index in [1.165, 1.54) is 0 Å². The quantitative estimate of drug-likeness (QED) is 0.672. The number of hydrogen-bond acceptors (Lipinski definition) is 3. The van der Waals surface area contributed by atoms with Crippen LogP contribution in [-0.2, 0) is 9.59 Å². The monoisotopic (exact) mass is 212 g/mol. The third-order valence-electron chi connectivity index (χ3n) is 3.60. The minimum absolute atomic E-state index is 0.0297. The second kappa shape index (κ2) is 3.81. The molecule has 3 unspecified atom stereocenters. The molecular formula is C10H16N2O3. The van der Waals surface area contributed by atoms with Crippen LogP contribution >= 0.6 is 0 Å². The van der Waals surface area contributed by atoms with Gasteiger partial charge in [0.1, 0.15) is 0 Å². The molecule has 15 heavy (non-hydrogen) atoms. The molecule has 5 nitrogen and oxygen atoms in total. The van der Waals surface area contributed by atoms with E-state index < -0.39 is 5.97 Å². The summed E-state index contributed by atoms with van der Waals surface area (Å²) < 4.78 is 0. The van der Waals surface area contributed by atoms with Crippen LogP contribution < -0.4 is 5.32 Å². The summed E-state index contributed by atoms with van der Waals surface area (Å²) in [5.74, 6) is -1.02. The van der Waals surface area contributed by atoms with Crippen molar-refractivity contribution >= 4 is 11.9 Å². The highest BCUT2D eigenvalue weighted by Crippen LogP contribution is 2.41. The topological polar surface area (TPSA) is 69.6 Å². The van der Waals surface area contributed by atoms with Crippen molar-refractivity contribution in [3.63, 3.8) is 0 Å². The number of nitrogens with one attached hydrogen (secondary N) is 1. The highest BCUT2D eigenvalue weighted by Gasteiger charge is 2.49. The predicted molar refractivity (Wildman–Crippen MR) is 53.3 cm³/mol. The number of nitrogens with zero attached hydrogens (tertiary/aromatic N) is 1. The zero-order chi connectivity index (χ0) is 11.0. The number of rotatable bonds is 3. The van der Waals surface area contributed by atoms with Gasteiger partial charge in [0.2, 0.25) is 5.91 Å². The van der Waals surface area contributed by atoms with E-state index >= 15 is 0 Å². The molecule has 2 rings (SSSR count). The molecule has 2 fully saturated rings. The lowest BCUT2D eigenvalue weighted by molar-refractivity contribution is -0.143. The maximum absolute atomic E-state index is 11.3. The van der Waals surface area contributed by atoms with Crippen LogP contribution in [0.25, 0.3) is 0 Å². The van der Waals surface area contributed by atoms with E-state index in [0.29, 0.717) is 19.0 Å². The van der Waals surface area contributed by atoms with Gasteiger partial charge in [-0.1, -0.05) is 0 Å². The Morgan fingerprint density at radius 2 is 2.20 bits per heavy atom. The summed E-state index contributed by atoms with van der Waals surface area (Å²) in [5.41, 5.74) is 0. The fourth-order valence-corrected chi connectivity index (χ4v) is 2.86. The van der Waals surface area contributed by atoms with E-state index in [9.17, 15) is 9.59 Å². The minimum Gasteiger partial charge on any atom is -0.481 e. The minimum atomic E-state index is -0.718.